The van der Waals surface area contributed by atoms with E-state index in [4.69, 9.17) is 4.74 Å². The highest BCUT2D eigenvalue weighted by atomic mass is 16.5. The summed E-state index contributed by atoms with van der Waals surface area (Å²) in [5.41, 5.74) is 0.0826. The summed E-state index contributed by atoms with van der Waals surface area (Å²) < 4.78 is 6.49. The van der Waals surface area contributed by atoms with Crippen LogP contribution in [-0.4, -0.2) is 35.4 Å². The minimum atomic E-state index is -0.263. The average Bonchev–Trinajstić information content (AvgIpc) is 2.41. The minimum absolute atomic E-state index is 0.185. The summed E-state index contributed by atoms with van der Waals surface area (Å²) in [6.45, 7) is 6.24. The van der Waals surface area contributed by atoms with E-state index in [1.807, 2.05) is 13.8 Å². The molecule has 0 saturated carbocycles. The topological polar surface area (TPSA) is 73.2 Å². The van der Waals surface area contributed by atoms with Gasteiger partial charge in [0, 0.05) is 32.4 Å². The Morgan fingerprint density at radius 1 is 1.42 bits per heavy atom. The molecule has 0 fully saturated rings. The highest BCUT2D eigenvalue weighted by molar-refractivity contribution is 5.91. The van der Waals surface area contributed by atoms with E-state index < -0.39 is 0 Å². The van der Waals surface area contributed by atoms with Crippen molar-refractivity contribution in [2.24, 2.45) is 0 Å². The lowest BCUT2D eigenvalue weighted by atomic mass is 10.3. The fourth-order valence-electron chi connectivity index (χ4n) is 1.55. The van der Waals surface area contributed by atoms with E-state index in [1.165, 1.54) is 16.8 Å². The summed E-state index contributed by atoms with van der Waals surface area (Å²) in [4.78, 5) is 23.3. The molecule has 0 unspecified atom stereocenters. The van der Waals surface area contributed by atoms with Gasteiger partial charge in [-0.3, -0.25) is 9.59 Å². The highest BCUT2D eigenvalue weighted by Crippen LogP contribution is 1.92. The zero-order valence-electron chi connectivity index (χ0n) is 11.5. The molecular formula is C13H21N3O3. The van der Waals surface area contributed by atoms with Gasteiger partial charge in [0.1, 0.15) is 5.69 Å². The number of rotatable bonds is 8. The Hall–Kier alpha value is -1.69. The lowest BCUT2D eigenvalue weighted by Gasteiger charge is -2.07. The zero-order chi connectivity index (χ0) is 14.1. The number of nitrogens with one attached hydrogen (secondary N) is 1. The smallest absolute Gasteiger partial charge is 0.271 e. The van der Waals surface area contributed by atoms with Gasteiger partial charge in [0.2, 0.25) is 0 Å². The standard InChI is InChI=1S/C13H21N3O3/c1-3-9-16-12(17)7-6-11(15-16)13(18)14-8-5-10-19-4-2/h6-7H,3-5,8-10H2,1-2H3,(H,14,18). The number of hydrogen-bond donors (Lipinski definition) is 1. The Bertz CT molecular complexity index is 457. The molecule has 6 nitrogen and oxygen atoms in total. The van der Waals surface area contributed by atoms with Crippen LogP contribution in [0.25, 0.3) is 0 Å². The first-order valence-corrected chi connectivity index (χ1v) is 6.63. The monoisotopic (exact) mass is 267 g/mol. The van der Waals surface area contributed by atoms with E-state index in [9.17, 15) is 9.59 Å². The maximum atomic E-state index is 11.8. The molecule has 1 amide bonds. The molecule has 0 aliphatic rings. The summed E-state index contributed by atoms with van der Waals surface area (Å²) in [6, 6.07) is 2.82. The maximum absolute atomic E-state index is 11.8. The fraction of sp³-hybridized carbons (Fsp3) is 0.615. The van der Waals surface area contributed by atoms with Gasteiger partial charge in [-0.15, -0.1) is 0 Å². The van der Waals surface area contributed by atoms with Crippen LogP contribution in [0.2, 0.25) is 0 Å². The number of ether oxygens (including phenoxy) is 1. The molecule has 1 aromatic rings. The number of aryl methyl sites for hydroxylation is 1. The second-order valence-electron chi connectivity index (χ2n) is 4.09. The van der Waals surface area contributed by atoms with Crippen LogP contribution in [0.1, 0.15) is 37.2 Å². The Morgan fingerprint density at radius 3 is 2.89 bits per heavy atom. The number of nitrogens with zero attached hydrogens (tertiary/aromatic N) is 2. The number of amides is 1. The highest BCUT2D eigenvalue weighted by Gasteiger charge is 2.08. The van der Waals surface area contributed by atoms with Gasteiger partial charge >= 0.3 is 0 Å². The van der Waals surface area contributed by atoms with Crippen LogP contribution in [0, 0.1) is 0 Å². The summed E-state index contributed by atoms with van der Waals surface area (Å²) in [7, 11) is 0. The predicted molar refractivity (Wildman–Crippen MR) is 72.2 cm³/mol. The van der Waals surface area contributed by atoms with E-state index in [2.05, 4.69) is 10.4 Å². The van der Waals surface area contributed by atoms with Crippen molar-refractivity contribution in [1.29, 1.82) is 0 Å². The quantitative estimate of drug-likeness (QED) is 0.707. The Labute approximate surface area is 112 Å². The molecule has 0 bridgehead atoms. The molecule has 0 spiro atoms. The molecule has 0 atom stereocenters. The second kappa shape index (κ2) is 8.42. The molecule has 1 N–H and O–H groups in total. The van der Waals surface area contributed by atoms with Crippen molar-refractivity contribution in [1.82, 2.24) is 15.1 Å². The number of aromatic nitrogens is 2. The third kappa shape index (κ3) is 5.21. The molecule has 1 rings (SSSR count). The van der Waals surface area contributed by atoms with Crippen molar-refractivity contribution >= 4 is 5.91 Å². The molecule has 6 heteroatoms. The third-order valence-electron chi connectivity index (χ3n) is 2.49. The normalized spacial score (nSPS) is 10.4. The van der Waals surface area contributed by atoms with Gasteiger partial charge in [0.05, 0.1) is 0 Å². The van der Waals surface area contributed by atoms with Gasteiger partial charge in [-0.2, -0.15) is 5.10 Å². The van der Waals surface area contributed by atoms with Crippen molar-refractivity contribution in [3.05, 3.63) is 28.2 Å². The van der Waals surface area contributed by atoms with Crippen molar-refractivity contribution in [3.63, 3.8) is 0 Å². The molecule has 19 heavy (non-hydrogen) atoms. The van der Waals surface area contributed by atoms with Gasteiger partial charge < -0.3 is 10.1 Å². The van der Waals surface area contributed by atoms with Gasteiger partial charge in [0.15, 0.2) is 0 Å². The molecule has 1 aromatic heterocycles. The van der Waals surface area contributed by atoms with Gasteiger partial charge in [0.25, 0.3) is 11.5 Å². The van der Waals surface area contributed by atoms with E-state index in [0.29, 0.717) is 26.3 Å². The van der Waals surface area contributed by atoms with E-state index in [-0.39, 0.29) is 17.2 Å². The first kappa shape index (κ1) is 15.4. The second-order valence-corrected chi connectivity index (χ2v) is 4.09. The van der Waals surface area contributed by atoms with Gasteiger partial charge in [-0.1, -0.05) is 6.92 Å². The fourth-order valence-corrected chi connectivity index (χ4v) is 1.55. The lowest BCUT2D eigenvalue weighted by Crippen LogP contribution is -2.30. The zero-order valence-corrected chi connectivity index (χ0v) is 11.5. The molecular weight excluding hydrogens is 246 g/mol. The van der Waals surface area contributed by atoms with Crippen LogP contribution < -0.4 is 10.9 Å². The van der Waals surface area contributed by atoms with Crippen LogP contribution in [0.15, 0.2) is 16.9 Å². The van der Waals surface area contributed by atoms with Crippen molar-refractivity contribution < 1.29 is 9.53 Å². The summed E-state index contributed by atoms with van der Waals surface area (Å²) in [6.07, 6.45) is 1.56. The van der Waals surface area contributed by atoms with Crippen molar-refractivity contribution in [3.8, 4) is 0 Å². The van der Waals surface area contributed by atoms with E-state index in [0.717, 1.165) is 12.8 Å². The first-order valence-electron chi connectivity index (χ1n) is 6.63. The van der Waals surface area contributed by atoms with E-state index >= 15 is 0 Å². The van der Waals surface area contributed by atoms with Crippen LogP contribution in [0.3, 0.4) is 0 Å². The minimum Gasteiger partial charge on any atom is -0.382 e. The Kier molecular flexibility index (Phi) is 6.81. The van der Waals surface area contributed by atoms with E-state index in [1.54, 1.807) is 0 Å². The maximum Gasteiger partial charge on any atom is 0.271 e. The number of hydrogen-bond acceptors (Lipinski definition) is 4. The van der Waals surface area contributed by atoms with Gasteiger partial charge in [-0.05, 0) is 25.8 Å². The lowest BCUT2D eigenvalue weighted by molar-refractivity contribution is 0.0936. The summed E-state index contributed by atoms with van der Waals surface area (Å²) in [5.74, 6) is -0.263. The van der Waals surface area contributed by atoms with Crippen LogP contribution in [0.5, 0.6) is 0 Å². The van der Waals surface area contributed by atoms with Gasteiger partial charge in [-0.25, -0.2) is 4.68 Å². The van der Waals surface area contributed by atoms with Crippen LogP contribution >= 0.6 is 0 Å². The molecule has 0 aliphatic carbocycles. The molecule has 1 heterocycles. The van der Waals surface area contributed by atoms with Crippen LogP contribution in [-0.2, 0) is 11.3 Å². The summed E-state index contributed by atoms with van der Waals surface area (Å²) in [5, 5.41) is 6.79. The molecule has 0 saturated heterocycles. The Balaban J connectivity index is 2.52. The number of carbonyl (C=O) groups excluding carboxylic acids is 1. The average molecular weight is 267 g/mol. The Morgan fingerprint density at radius 2 is 2.21 bits per heavy atom. The van der Waals surface area contributed by atoms with Crippen molar-refractivity contribution in [2.75, 3.05) is 19.8 Å². The van der Waals surface area contributed by atoms with Crippen molar-refractivity contribution in [2.45, 2.75) is 33.2 Å². The largest absolute Gasteiger partial charge is 0.382 e. The SMILES string of the molecule is CCCn1nc(C(=O)NCCCOCC)ccc1=O. The van der Waals surface area contributed by atoms with Crippen LogP contribution in [0.4, 0.5) is 0 Å². The molecule has 0 aliphatic heterocycles. The first-order chi connectivity index (χ1) is 9.19. The third-order valence-corrected chi connectivity index (χ3v) is 2.49. The molecule has 0 radical (unpaired) electrons. The predicted octanol–water partition coefficient (Wildman–Crippen LogP) is 0.810. The molecule has 0 aromatic carbocycles. The number of carbonyl (C=O) groups is 1. The summed E-state index contributed by atoms with van der Waals surface area (Å²) >= 11 is 0. The molecule has 106 valence electrons.